The number of benzene rings is 3. The molecule has 0 unspecified atom stereocenters. The molecular weight excluding hydrogens is 480 g/mol. The first-order chi connectivity index (χ1) is 16.6. The highest BCUT2D eigenvalue weighted by Crippen LogP contribution is 2.38. The van der Waals surface area contributed by atoms with Gasteiger partial charge in [0.05, 0.1) is 11.1 Å². The van der Waals surface area contributed by atoms with Crippen molar-refractivity contribution < 1.29 is 22.4 Å². The number of alkyl halides is 3. The molecule has 35 heavy (non-hydrogen) atoms. The minimum atomic E-state index is -4.47. The number of anilines is 3. The summed E-state index contributed by atoms with van der Waals surface area (Å²) in [4.78, 5) is 13.6. The van der Waals surface area contributed by atoms with Crippen molar-refractivity contribution in [3.8, 4) is 0 Å². The lowest BCUT2D eigenvalue weighted by molar-refractivity contribution is -0.137. The molecule has 3 aromatic carbocycles. The molecule has 5 nitrogen and oxygen atoms in total. The third-order valence-electron chi connectivity index (χ3n) is 5.09. The van der Waals surface area contributed by atoms with E-state index in [1.165, 1.54) is 35.2 Å². The summed E-state index contributed by atoms with van der Waals surface area (Å²) in [6, 6.07) is 16.7. The molecule has 0 aliphatic carbocycles. The van der Waals surface area contributed by atoms with Gasteiger partial charge in [0.25, 0.3) is 5.91 Å². The van der Waals surface area contributed by atoms with Crippen molar-refractivity contribution in [3.05, 3.63) is 89.2 Å². The van der Waals surface area contributed by atoms with Crippen LogP contribution in [0.1, 0.15) is 21.5 Å². The lowest BCUT2D eigenvalue weighted by atomic mass is 10.0. The summed E-state index contributed by atoms with van der Waals surface area (Å²) in [6.07, 6.45) is -4.35. The van der Waals surface area contributed by atoms with E-state index in [1.54, 1.807) is 50.5 Å². The molecule has 3 N–H and O–H groups in total. The van der Waals surface area contributed by atoms with Crippen LogP contribution in [0.15, 0.2) is 66.7 Å². The molecule has 0 fully saturated rings. The van der Waals surface area contributed by atoms with Crippen LogP contribution in [-0.4, -0.2) is 31.7 Å². The highest BCUT2D eigenvalue weighted by Gasteiger charge is 2.36. The average Bonchev–Trinajstić information content (AvgIpc) is 2.79. The number of carbonyl (C=O) groups is 1. The summed E-state index contributed by atoms with van der Waals surface area (Å²) in [7, 11) is 3.14. The van der Waals surface area contributed by atoms with E-state index in [9.17, 15) is 22.4 Å². The molecule has 0 saturated heterocycles. The summed E-state index contributed by atoms with van der Waals surface area (Å²) in [5.74, 6) is -1.19. The Morgan fingerprint density at radius 3 is 2.14 bits per heavy atom. The first kappa shape index (κ1) is 26.0. The smallest absolute Gasteiger partial charge is 0.377 e. The molecular formula is C25H24F4N4OS. The van der Waals surface area contributed by atoms with Crippen molar-refractivity contribution in [2.24, 2.45) is 0 Å². The summed E-state index contributed by atoms with van der Waals surface area (Å²) >= 11 is 5.24. The predicted octanol–water partition coefficient (Wildman–Crippen LogP) is 5.69. The predicted molar refractivity (Wildman–Crippen MR) is 134 cm³/mol. The van der Waals surface area contributed by atoms with E-state index in [2.05, 4.69) is 16.0 Å². The molecule has 0 bridgehead atoms. The molecule has 0 radical (unpaired) electrons. The lowest BCUT2D eigenvalue weighted by Gasteiger charge is -2.22. The quantitative estimate of drug-likeness (QED) is 0.285. The molecule has 0 atom stereocenters. The number of carbonyl (C=O) groups excluding carboxylic acids is 1. The normalized spacial score (nSPS) is 11.0. The number of hydrogen-bond donors (Lipinski definition) is 3. The Kier molecular flexibility index (Phi) is 8.29. The van der Waals surface area contributed by atoms with Crippen LogP contribution in [0.2, 0.25) is 0 Å². The van der Waals surface area contributed by atoms with Gasteiger partial charge < -0.3 is 20.9 Å². The van der Waals surface area contributed by atoms with Crippen LogP contribution < -0.4 is 20.9 Å². The largest absolute Gasteiger partial charge is 0.418 e. The maximum Gasteiger partial charge on any atom is 0.418 e. The number of nitrogens with one attached hydrogen (secondary N) is 3. The van der Waals surface area contributed by atoms with Gasteiger partial charge in [-0.05, 0) is 66.7 Å². The van der Waals surface area contributed by atoms with Crippen molar-refractivity contribution in [3.63, 3.8) is 0 Å². The minimum Gasteiger partial charge on any atom is -0.377 e. The van der Waals surface area contributed by atoms with Crippen LogP contribution in [0.5, 0.6) is 0 Å². The maximum absolute atomic E-state index is 13.7. The number of rotatable bonds is 7. The number of thiocarbonyl (C=S) groups is 1. The molecule has 0 aliphatic rings. The molecule has 10 heteroatoms. The second-order valence-corrected chi connectivity index (χ2v) is 8.25. The molecule has 0 heterocycles. The molecule has 0 spiro atoms. The Bertz CT molecular complexity index is 1200. The van der Waals surface area contributed by atoms with Gasteiger partial charge in [-0.1, -0.05) is 24.3 Å². The average molecular weight is 505 g/mol. The van der Waals surface area contributed by atoms with Gasteiger partial charge in [0.1, 0.15) is 5.82 Å². The zero-order valence-corrected chi connectivity index (χ0v) is 19.9. The van der Waals surface area contributed by atoms with Gasteiger partial charge in [0, 0.05) is 37.7 Å². The Morgan fingerprint density at radius 2 is 1.54 bits per heavy atom. The zero-order valence-electron chi connectivity index (χ0n) is 19.0. The van der Waals surface area contributed by atoms with E-state index in [0.29, 0.717) is 11.4 Å². The molecule has 0 saturated carbocycles. The van der Waals surface area contributed by atoms with Crippen molar-refractivity contribution in [1.82, 2.24) is 5.32 Å². The number of halogens is 4. The first-order valence-corrected chi connectivity index (χ1v) is 11.0. The summed E-state index contributed by atoms with van der Waals surface area (Å²) in [5.41, 5.74) is 0.635. The summed E-state index contributed by atoms with van der Waals surface area (Å²) in [6.45, 7) is 0.197. The van der Waals surface area contributed by atoms with Gasteiger partial charge in [0.2, 0.25) is 0 Å². The fourth-order valence-electron chi connectivity index (χ4n) is 3.46. The van der Waals surface area contributed by atoms with Gasteiger partial charge in [-0.2, -0.15) is 13.2 Å². The molecule has 1 amide bonds. The van der Waals surface area contributed by atoms with Gasteiger partial charge >= 0.3 is 6.18 Å². The number of hydrogen-bond acceptors (Lipinski definition) is 3. The fraction of sp³-hybridized carbons (Fsp3) is 0.200. The van der Waals surface area contributed by atoms with Gasteiger partial charge in [0.15, 0.2) is 5.11 Å². The third-order valence-corrected chi connectivity index (χ3v) is 5.34. The van der Waals surface area contributed by atoms with Gasteiger partial charge in [-0.15, -0.1) is 0 Å². The Morgan fingerprint density at radius 1 is 0.914 bits per heavy atom. The molecule has 3 rings (SSSR count). The van der Waals surface area contributed by atoms with E-state index >= 15 is 0 Å². The van der Waals surface area contributed by atoms with Crippen molar-refractivity contribution >= 4 is 40.3 Å². The van der Waals surface area contributed by atoms with E-state index < -0.39 is 23.5 Å². The summed E-state index contributed by atoms with van der Waals surface area (Å²) < 4.78 is 54.7. The van der Waals surface area contributed by atoms with Crippen LogP contribution in [0, 0.1) is 5.82 Å². The minimum absolute atomic E-state index is 0.0649. The Hall–Kier alpha value is -3.66. The second kappa shape index (κ2) is 11.2. The van der Waals surface area contributed by atoms with Crippen LogP contribution in [0.3, 0.4) is 0 Å². The van der Waals surface area contributed by atoms with Gasteiger partial charge in [-0.25, -0.2) is 4.39 Å². The van der Waals surface area contributed by atoms with E-state index in [0.717, 1.165) is 0 Å². The van der Waals surface area contributed by atoms with Crippen LogP contribution in [0.25, 0.3) is 0 Å². The van der Waals surface area contributed by atoms with E-state index in [-0.39, 0.29) is 34.9 Å². The standard InChI is InChI=1S/C25H24F4N4OS/c1-33(2)21-9-5-6-16(22(21)25(27,28)29)14-15-30-24(35)32-18-12-10-17(11-13-18)31-23(34)19-7-3-4-8-20(19)26/h3-13H,14-15H2,1-2H3,(H,31,34)(H2,30,32,35). The zero-order chi connectivity index (χ0) is 25.6. The highest BCUT2D eigenvalue weighted by atomic mass is 32.1. The van der Waals surface area contributed by atoms with Crippen molar-refractivity contribution in [1.29, 1.82) is 0 Å². The third kappa shape index (κ3) is 6.92. The molecule has 0 aliphatic heterocycles. The van der Waals surface area contributed by atoms with Gasteiger partial charge in [-0.3, -0.25) is 4.79 Å². The topological polar surface area (TPSA) is 56.4 Å². The van der Waals surface area contributed by atoms with Crippen LogP contribution >= 0.6 is 12.2 Å². The van der Waals surface area contributed by atoms with Crippen LogP contribution in [-0.2, 0) is 12.6 Å². The Labute approximate surface area is 206 Å². The molecule has 184 valence electrons. The second-order valence-electron chi connectivity index (χ2n) is 7.85. The van der Waals surface area contributed by atoms with Crippen LogP contribution in [0.4, 0.5) is 34.6 Å². The maximum atomic E-state index is 13.7. The SMILES string of the molecule is CN(C)c1cccc(CCNC(=S)Nc2ccc(NC(=O)c3ccccc3F)cc2)c1C(F)(F)F. The lowest BCUT2D eigenvalue weighted by Crippen LogP contribution is -2.30. The first-order valence-electron chi connectivity index (χ1n) is 10.6. The monoisotopic (exact) mass is 504 g/mol. The molecule has 3 aromatic rings. The fourth-order valence-corrected chi connectivity index (χ4v) is 3.68. The van der Waals surface area contributed by atoms with E-state index in [4.69, 9.17) is 12.2 Å². The van der Waals surface area contributed by atoms with Crippen molar-refractivity contribution in [2.75, 3.05) is 36.2 Å². The van der Waals surface area contributed by atoms with E-state index in [1.807, 2.05) is 0 Å². The highest BCUT2D eigenvalue weighted by molar-refractivity contribution is 7.80. The number of amides is 1. The Balaban J connectivity index is 1.55. The summed E-state index contributed by atoms with van der Waals surface area (Å²) in [5, 5.41) is 8.70. The number of nitrogens with zero attached hydrogens (tertiary/aromatic N) is 1. The van der Waals surface area contributed by atoms with Crippen molar-refractivity contribution in [2.45, 2.75) is 12.6 Å². The molecule has 0 aromatic heterocycles.